The van der Waals surface area contributed by atoms with Crippen LogP contribution in [0.2, 0.25) is 0 Å². The number of methoxy groups -OCH3 is 1. The van der Waals surface area contributed by atoms with Crippen molar-refractivity contribution in [2.24, 2.45) is 5.92 Å². The van der Waals surface area contributed by atoms with E-state index in [4.69, 9.17) is 4.74 Å². The number of sulfonamides is 1. The van der Waals surface area contributed by atoms with Crippen molar-refractivity contribution in [2.75, 3.05) is 43.6 Å². The summed E-state index contributed by atoms with van der Waals surface area (Å²) in [6.07, 6.45) is 1.67. The van der Waals surface area contributed by atoms with Gasteiger partial charge in [0.2, 0.25) is 15.9 Å². The third kappa shape index (κ3) is 4.78. The molecule has 0 spiro atoms. The third-order valence-electron chi connectivity index (χ3n) is 7.88. The van der Waals surface area contributed by atoms with Gasteiger partial charge < -0.3 is 19.9 Å². The number of fused-ring (bicyclic) bond motifs is 1. The summed E-state index contributed by atoms with van der Waals surface area (Å²) in [5, 5.41) is 4.54. The van der Waals surface area contributed by atoms with Gasteiger partial charge in [-0.2, -0.15) is 4.31 Å². The third-order valence-corrected chi connectivity index (χ3v) is 9.74. The van der Waals surface area contributed by atoms with Gasteiger partial charge in [0.05, 0.1) is 27.4 Å². The number of ether oxygens (including phenoxy) is 1. The molecule has 12 nitrogen and oxygen atoms in total. The molecular formula is C29H29N5O7S. The molecule has 0 aliphatic carbocycles. The number of nitrogens with one attached hydrogen (secondary N) is 3. The average Bonchev–Trinajstić information content (AvgIpc) is 3.26. The minimum atomic E-state index is -4.02. The number of amides is 2. The summed E-state index contributed by atoms with van der Waals surface area (Å²) in [6, 6.07) is 13.0. The molecule has 2 aliphatic heterocycles. The number of carbonyl (C=O) groups excluding carboxylic acids is 2. The number of hydrogen-bond acceptors (Lipinski definition) is 7. The van der Waals surface area contributed by atoms with E-state index in [9.17, 15) is 27.6 Å². The molecule has 6 rings (SSSR count). The van der Waals surface area contributed by atoms with Gasteiger partial charge in [-0.25, -0.2) is 13.2 Å². The first-order valence-electron chi connectivity index (χ1n) is 13.6. The summed E-state index contributed by atoms with van der Waals surface area (Å²) in [6.45, 7) is 1.25. The van der Waals surface area contributed by atoms with E-state index in [1.807, 2.05) is 12.1 Å². The van der Waals surface area contributed by atoms with Crippen molar-refractivity contribution in [3.8, 4) is 0 Å². The largest absolute Gasteiger partial charge is 0.385 e. The summed E-state index contributed by atoms with van der Waals surface area (Å²) in [5.74, 6) is -1.02. The fraction of sp³-hybridized carbons (Fsp3) is 0.310. The van der Waals surface area contributed by atoms with Gasteiger partial charge in [0.15, 0.2) is 0 Å². The van der Waals surface area contributed by atoms with Crippen LogP contribution in [-0.2, 0) is 19.6 Å². The summed E-state index contributed by atoms with van der Waals surface area (Å²) < 4.78 is 33.4. The maximum Gasteiger partial charge on any atom is 0.326 e. The van der Waals surface area contributed by atoms with E-state index in [1.54, 1.807) is 30.2 Å². The van der Waals surface area contributed by atoms with Crippen LogP contribution in [-0.4, -0.2) is 67.9 Å². The molecule has 2 aliphatic rings. The van der Waals surface area contributed by atoms with Crippen LogP contribution in [0.4, 0.5) is 11.4 Å². The van der Waals surface area contributed by atoms with Gasteiger partial charge >= 0.3 is 5.69 Å². The lowest BCUT2D eigenvalue weighted by Gasteiger charge is -2.31. The Bertz CT molecular complexity index is 1970. The number of hydrogen-bond donors (Lipinski definition) is 3. The number of H-pyrrole nitrogens is 2. The number of nitrogens with zero attached hydrogens (tertiary/aromatic N) is 2. The monoisotopic (exact) mass is 591 g/mol. The lowest BCUT2D eigenvalue weighted by Crippen LogP contribution is -2.43. The zero-order valence-corrected chi connectivity index (χ0v) is 23.6. The smallest absolute Gasteiger partial charge is 0.326 e. The second kappa shape index (κ2) is 10.8. The van der Waals surface area contributed by atoms with Crippen LogP contribution in [0.1, 0.15) is 29.6 Å². The van der Waals surface area contributed by atoms with Gasteiger partial charge in [-0.05, 0) is 55.7 Å². The Labute approximate surface area is 240 Å². The predicted octanol–water partition coefficient (Wildman–Crippen LogP) is 2.41. The van der Waals surface area contributed by atoms with Crippen molar-refractivity contribution in [2.45, 2.75) is 24.2 Å². The SMILES string of the molecule is COCCCN1C(=O)c2cccc3c(NC(=O)C4CCCN(S(=O)(=O)c5ccc6[nH]c(=O)[nH]c(=O)c6c5)C4)ccc1c23. The number of carbonyl (C=O) groups is 2. The minimum absolute atomic E-state index is 0.0266. The van der Waals surface area contributed by atoms with Crippen molar-refractivity contribution in [3.05, 3.63) is 74.9 Å². The van der Waals surface area contributed by atoms with Gasteiger partial charge in [0.25, 0.3) is 11.5 Å². The van der Waals surface area contributed by atoms with Gasteiger partial charge in [0, 0.05) is 55.4 Å². The fourth-order valence-corrected chi connectivity index (χ4v) is 7.36. The minimum Gasteiger partial charge on any atom is -0.385 e. The molecule has 2 amide bonds. The number of anilines is 2. The van der Waals surface area contributed by atoms with E-state index in [0.717, 1.165) is 16.5 Å². The summed E-state index contributed by atoms with van der Waals surface area (Å²) >= 11 is 0. The summed E-state index contributed by atoms with van der Waals surface area (Å²) in [7, 11) is -2.40. The molecule has 3 aromatic carbocycles. The fourth-order valence-electron chi connectivity index (χ4n) is 5.81. The first-order chi connectivity index (χ1) is 20.2. The highest BCUT2D eigenvalue weighted by Gasteiger charge is 2.35. The van der Waals surface area contributed by atoms with Crippen LogP contribution in [0.15, 0.2) is 63.0 Å². The molecule has 1 saturated heterocycles. The first-order valence-corrected chi connectivity index (χ1v) is 15.1. The molecule has 218 valence electrons. The standard InChI is InChI=1S/C29H29N5O7S/c1-41-14-4-13-34-24-11-10-22(19-6-2-7-20(25(19)24)28(34)37)30-26(35)17-5-3-12-33(16-17)42(39,40)18-8-9-23-21(15-18)27(36)32-29(38)31-23/h2,6-11,15,17H,3-5,12-14,16H2,1H3,(H,30,35)(H2,31,32,36,38). The average molecular weight is 592 g/mol. The molecule has 13 heteroatoms. The van der Waals surface area contributed by atoms with Gasteiger partial charge in [-0.1, -0.05) is 12.1 Å². The number of piperidine rings is 1. The Kier molecular flexibility index (Phi) is 7.17. The van der Waals surface area contributed by atoms with Crippen molar-refractivity contribution < 1.29 is 22.7 Å². The van der Waals surface area contributed by atoms with Crippen LogP contribution >= 0.6 is 0 Å². The van der Waals surface area contributed by atoms with Crippen LogP contribution in [0.25, 0.3) is 21.7 Å². The maximum atomic E-state index is 13.5. The Hall–Kier alpha value is -4.33. The zero-order chi connectivity index (χ0) is 29.6. The van der Waals surface area contributed by atoms with Crippen molar-refractivity contribution in [3.63, 3.8) is 0 Å². The molecule has 3 heterocycles. The Morgan fingerprint density at radius 2 is 1.90 bits per heavy atom. The first kappa shape index (κ1) is 27.8. The van der Waals surface area contributed by atoms with Crippen LogP contribution in [0.3, 0.4) is 0 Å². The lowest BCUT2D eigenvalue weighted by atomic mass is 9.98. The topological polar surface area (TPSA) is 162 Å². The van der Waals surface area contributed by atoms with Crippen LogP contribution in [0, 0.1) is 5.92 Å². The van der Waals surface area contributed by atoms with E-state index in [1.165, 1.54) is 22.5 Å². The molecule has 1 aromatic heterocycles. The van der Waals surface area contributed by atoms with E-state index in [2.05, 4.69) is 15.3 Å². The molecular weight excluding hydrogens is 562 g/mol. The van der Waals surface area contributed by atoms with Crippen molar-refractivity contribution in [1.82, 2.24) is 14.3 Å². The molecule has 0 bridgehead atoms. The Morgan fingerprint density at radius 3 is 2.71 bits per heavy atom. The molecule has 3 N–H and O–H groups in total. The molecule has 4 aromatic rings. The van der Waals surface area contributed by atoms with Gasteiger partial charge in [0.1, 0.15) is 0 Å². The highest BCUT2D eigenvalue weighted by molar-refractivity contribution is 7.89. The van der Waals surface area contributed by atoms with Crippen molar-refractivity contribution >= 4 is 54.9 Å². The second-order valence-electron chi connectivity index (χ2n) is 10.5. The number of aromatic amines is 2. The quantitative estimate of drug-likeness (QED) is 0.265. The molecule has 1 fully saturated rings. The summed E-state index contributed by atoms with van der Waals surface area (Å²) in [4.78, 5) is 56.6. The van der Waals surface area contributed by atoms with E-state index >= 15 is 0 Å². The predicted molar refractivity (Wildman–Crippen MR) is 157 cm³/mol. The molecule has 1 unspecified atom stereocenters. The number of aromatic nitrogens is 2. The zero-order valence-electron chi connectivity index (χ0n) is 22.8. The highest BCUT2D eigenvalue weighted by Crippen LogP contribution is 2.41. The molecule has 0 saturated carbocycles. The normalized spacial score (nSPS) is 17.3. The van der Waals surface area contributed by atoms with Crippen LogP contribution in [0.5, 0.6) is 0 Å². The number of rotatable bonds is 8. The van der Waals surface area contributed by atoms with Gasteiger partial charge in [-0.15, -0.1) is 0 Å². The van der Waals surface area contributed by atoms with E-state index < -0.39 is 27.2 Å². The van der Waals surface area contributed by atoms with E-state index in [0.29, 0.717) is 43.7 Å². The Balaban J connectivity index is 1.23. The maximum absolute atomic E-state index is 13.5. The van der Waals surface area contributed by atoms with Crippen LogP contribution < -0.4 is 21.5 Å². The lowest BCUT2D eigenvalue weighted by molar-refractivity contribution is -0.120. The number of benzene rings is 3. The van der Waals surface area contributed by atoms with E-state index in [-0.39, 0.29) is 40.7 Å². The second-order valence-corrected chi connectivity index (χ2v) is 12.4. The summed E-state index contributed by atoms with van der Waals surface area (Å²) in [5.41, 5.74) is 0.766. The van der Waals surface area contributed by atoms with Gasteiger partial charge in [-0.3, -0.25) is 19.4 Å². The molecule has 1 atom stereocenters. The van der Waals surface area contributed by atoms with Crippen molar-refractivity contribution in [1.29, 1.82) is 0 Å². The highest BCUT2D eigenvalue weighted by atomic mass is 32.2. The molecule has 0 radical (unpaired) electrons. The Morgan fingerprint density at radius 1 is 1.07 bits per heavy atom. The molecule has 42 heavy (non-hydrogen) atoms.